The summed E-state index contributed by atoms with van der Waals surface area (Å²) in [7, 11) is -3.50. The molecule has 4 heterocycles. The molecule has 3 aromatic heterocycles. The summed E-state index contributed by atoms with van der Waals surface area (Å²) in [6, 6.07) is 8.50. The number of carbonyl (C=O) groups is 1. The summed E-state index contributed by atoms with van der Waals surface area (Å²) < 4.78 is 35.3. The fourth-order valence-electron chi connectivity index (χ4n) is 3.45. The van der Waals surface area contributed by atoms with Crippen LogP contribution in [0.3, 0.4) is 0 Å². The van der Waals surface area contributed by atoms with Crippen molar-refractivity contribution < 1.29 is 22.7 Å². The molecule has 3 aromatic rings. The maximum Gasteiger partial charge on any atom is 0.222 e. The number of ether oxygens (including phenoxy) is 2. The number of aromatic nitrogens is 3. The molecule has 178 valence electrons. The number of carbonyl (C=O) groups excluding carboxylic acids is 1. The lowest BCUT2D eigenvalue weighted by molar-refractivity contribution is -0.114. The lowest BCUT2D eigenvalue weighted by Gasteiger charge is -2.15. The molecule has 1 fully saturated rings. The highest BCUT2D eigenvalue weighted by Crippen LogP contribution is 2.31. The predicted octanol–water partition coefficient (Wildman–Crippen LogP) is 3.12. The fraction of sp³-hybridized carbons (Fsp3) is 0.304. The molecule has 2 N–H and O–H groups in total. The first-order valence-electron chi connectivity index (χ1n) is 10.6. The number of rotatable bonds is 7. The van der Waals surface area contributed by atoms with Gasteiger partial charge >= 0.3 is 0 Å². The lowest BCUT2D eigenvalue weighted by atomic mass is 10.1. The molecule has 1 saturated heterocycles. The number of hydrogen-bond acceptors (Lipinski definition) is 9. The van der Waals surface area contributed by atoms with Crippen LogP contribution in [0.4, 0.5) is 17.3 Å². The molecular formula is C23H25N5O5S. The van der Waals surface area contributed by atoms with Crippen LogP contribution in [0.1, 0.15) is 18.9 Å². The average Bonchev–Trinajstić information content (AvgIpc) is 3.26. The minimum atomic E-state index is -3.50. The molecule has 34 heavy (non-hydrogen) atoms. The highest BCUT2D eigenvalue weighted by atomic mass is 32.2. The summed E-state index contributed by atoms with van der Waals surface area (Å²) in [6.07, 6.45) is 5.17. The number of pyridine rings is 3. The van der Waals surface area contributed by atoms with Crippen molar-refractivity contribution >= 4 is 33.1 Å². The summed E-state index contributed by atoms with van der Waals surface area (Å²) >= 11 is 0. The monoisotopic (exact) mass is 483 g/mol. The number of amides is 1. The normalized spacial score (nSPS) is 15.7. The van der Waals surface area contributed by atoms with Gasteiger partial charge in [0.1, 0.15) is 23.5 Å². The molecule has 0 aromatic carbocycles. The number of nitrogens with one attached hydrogen (secondary N) is 2. The molecule has 11 heteroatoms. The van der Waals surface area contributed by atoms with Gasteiger partial charge in [-0.25, -0.2) is 18.4 Å². The zero-order chi connectivity index (χ0) is 24.3. The van der Waals surface area contributed by atoms with E-state index in [0.717, 1.165) is 18.2 Å². The highest BCUT2D eigenvalue weighted by molar-refractivity contribution is 7.90. The van der Waals surface area contributed by atoms with Crippen molar-refractivity contribution in [2.75, 3.05) is 30.1 Å². The molecule has 0 aliphatic carbocycles. The van der Waals surface area contributed by atoms with Crippen LogP contribution in [0.15, 0.2) is 47.8 Å². The van der Waals surface area contributed by atoms with Crippen molar-refractivity contribution in [3.05, 3.63) is 48.3 Å². The maximum atomic E-state index is 12.0. The Hall–Kier alpha value is -3.57. The van der Waals surface area contributed by atoms with Crippen molar-refractivity contribution in [1.82, 2.24) is 15.0 Å². The molecule has 0 radical (unpaired) electrons. The van der Waals surface area contributed by atoms with Gasteiger partial charge in [-0.1, -0.05) is 0 Å². The molecule has 0 saturated carbocycles. The molecule has 0 bridgehead atoms. The smallest absolute Gasteiger partial charge is 0.222 e. The van der Waals surface area contributed by atoms with Crippen molar-refractivity contribution in [2.24, 2.45) is 0 Å². The second-order valence-corrected chi connectivity index (χ2v) is 10.0. The van der Waals surface area contributed by atoms with Crippen LogP contribution in [0.2, 0.25) is 0 Å². The van der Waals surface area contributed by atoms with Gasteiger partial charge in [-0.3, -0.25) is 9.78 Å². The Labute approximate surface area is 197 Å². The van der Waals surface area contributed by atoms with Gasteiger partial charge in [0.25, 0.3) is 0 Å². The third-order valence-electron chi connectivity index (χ3n) is 5.00. The minimum Gasteiger partial charge on any atom is -0.486 e. The first-order chi connectivity index (χ1) is 16.2. The Morgan fingerprint density at radius 3 is 2.62 bits per heavy atom. The van der Waals surface area contributed by atoms with E-state index >= 15 is 0 Å². The summed E-state index contributed by atoms with van der Waals surface area (Å²) in [6.45, 7) is 4.42. The van der Waals surface area contributed by atoms with E-state index < -0.39 is 9.84 Å². The van der Waals surface area contributed by atoms with Crippen LogP contribution in [0.5, 0.6) is 5.75 Å². The average molecular weight is 484 g/mol. The van der Waals surface area contributed by atoms with Crippen LogP contribution >= 0.6 is 0 Å². The van der Waals surface area contributed by atoms with Crippen molar-refractivity contribution in [3.8, 4) is 17.0 Å². The molecule has 10 nitrogen and oxygen atoms in total. The number of nitrogens with zero attached hydrogens (tertiary/aromatic N) is 3. The highest BCUT2D eigenvalue weighted by Gasteiger charge is 2.18. The number of aryl methyl sites for hydroxylation is 1. The number of anilines is 3. The molecule has 0 spiro atoms. The third-order valence-corrected chi connectivity index (χ3v) is 5.97. The quantitative estimate of drug-likeness (QED) is 0.520. The van der Waals surface area contributed by atoms with E-state index in [4.69, 9.17) is 9.47 Å². The Morgan fingerprint density at radius 1 is 1.15 bits per heavy atom. The molecule has 1 amide bonds. The van der Waals surface area contributed by atoms with Crippen LogP contribution in [0.25, 0.3) is 11.3 Å². The van der Waals surface area contributed by atoms with E-state index in [0.29, 0.717) is 47.5 Å². The first-order valence-corrected chi connectivity index (χ1v) is 12.5. The van der Waals surface area contributed by atoms with Gasteiger partial charge in [0.2, 0.25) is 5.91 Å². The van der Waals surface area contributed by atoms with Gasteiger partial charge in [0, 0.05) is 37.4 Å². The summed E-state index contributed by atoms with van der Waals surface area (Å²) in [5, 5.41) is 5.77. The van der Waals surface area contributed by atoms with Gasteiger partial charge < -0.3 is 20.1 Å². The van der Waals surface area contributed by atoms with Crippen LogP contribution in [-0.2, 0) is 19.4 Å². The van der Waals surface area contributed by atoms with Crippen LogP contribution in [0, 0.1) is 6.92 Å². The van der Waals surface area contributed by atoms with E-state index in [1.807, 2.05) is 6.07 Å². The van der Waals surface area contributed by atoms with Crippen LogP contribution < -0.4 is 15.4 Å². The summed E-state index contributed by atoms with van der Waals surface area (Å²) in [5.74, 6) is 1.03. The Kier molecular flexibility index (Phi) is 6.75. The minimum absolute atomic E-state index is 0.0138. The summed E-state index contributed by atoms with van der Waals surface area (Å²) in [4.78, 5) is 24.6. The largest absolute Gasteiger partial charge is 0.486 e. The number of sulfone groups is 1. The van der Waals surface area contributed by atoms with E-state index in [-0.39, 0.29) is 17.0 Å². The first kappa shape index (κ1) is 23.6. The van der Waals surface area contributed by atoms with E-state index in [1.54, 1.807) is 37.5 Å². The Morgan fingerprint density at radius 2 is 1.97 bits per heavy atom. The topological polar surface area (TPSA) is 132 Å². The molecular weight excluding hydrogens is 458 g/mol. The van der Waals surface area contributed by atoms with Crippen molar-refractivity contribution in [3.63, 3.8) is 0 Å². The third kappa shape index (κ3) is 5.86. The lowest BCUT2D eigenvalue weighted by Crippen LogP contribution is -2.15. The zero-order valence-corrected chi connectivity index (χ0v) is 19.8. The van der Waals surface area contributed by atoms with Crippen LogP contribution in [-0.4, -0.2) is 54.9 Å². The Balaban J connectivity index is 1.68. The number of hydrogen-bond donors (Lipinski definition) is 2. The van der Waals surface area contributed by atoms with E-state index in [9.17, 15) is 13.2 Å². The predicted molar refractivity (Wildman–Crippen MR) is 127 cm³/mol. The van der Waals surface area contributed by atoms with Crippen molar-refractivity contribution in [1.29, 1.82) is 0 Å². The van der Waals surface area contributed by atoms with Gasteiger partial charge in [0.05, 0.1) is 30.8 Å². The van der Waals surface area contributed by atoms with E-state index in [2.05, 4.69) is 25.6 Å². The second-order valence-electron chi connectivity index (χ2n) is 8.04. The van der Waals surface area contributed by atoms with E-state index in [1.165, 1.54) is 13.0 Å². The fourth-order valence-corrected chi connectivity index (χ4v) is 4.11. The van der Waals surface area contributed by atoms with Crippen molar-refractivity contribution in [2.45, 2.75) is 31.4 Å². The molecule has 4 rings (SSSR count). The van der Waals surface area contributed by atoms with Gasteiger partial charge in [-0.05, 0) is 36.8 Å². The zero-order valence-electron chi connectivity index (χ0n) is 19.0. The van der Waals surface area contributed by atoms with Gasteiger partial charge in [0.15, 0.2) is 14.9 Å². The van der Waals surface area contributed by atoms with Gasteiger partial charge in [-0.15, -0.1) is 0 Å². The maximum absolute atomic E-state index is 12.0. The molecule has 1 aliphatic heterocycles. The second kappa shape index (κ2) is 9.74. The summed E-state index contributed by atoms with van der Waals surface area (Å²) in [5.41, 5.74) is 2.51. The van der Waals surface area contributed by atoms with Gasteiger partial charge in [-0.2, -0.15) is 0 Å². The molecule has 0 unspecified atom stereocenters. The SMILES string of the molecule is CC(=O)Nc1cc(Nc2cc(C)cc(S(C)(=O)=O)n2)c(-c2ccc(O[C@H]3CCOC3)cn2)cn1. The molecule has 1 atom stereocenters. The standard InChI is InChI=1S/C23H25N5O5S/c1-14-8-22(28-23(9-14)34(3,30)31)27-20-10-21(26-15(2)29)25-12-18(20)19-5-4-16(11-24-19)33-17-6-7-32-13-17/h4-5,8-12,17H,6-7,13H2,1-3H3,(H2,25,26,27,28,29)/t17-/m0/s1. The Bertz CT molecular complexity index is 1310. The molecule has 1 aliphatic rings.